The number of para-hydroxylation sites is 1. The second-order valence-electron chi connectivity index (χ2n) is 5.08. The molecule has 0 aliphatic heterocycles. The number of rotatable bonds is 5. The molecule has 0 radical (unpaired) electrons. The van der Waals surface area contributed by atoms with Crippen molar-refractivity contribution in [1.82, 2.24) is 0 Å². The van der Waals surface area contributed by atoms with E-state index in [1.807, 2.05) is 30.3 Å². The fraction of sp³-hybridized carbons (Fsp3) is 0.167. The van der Waals surface area contributed by atoms with E-state index >= 15 is 0 Å². The molecule has 0 unspecified atom stereocenters. The summed E-state index contributed by atoms with van der Waals surface area (Å²) in [4.78, 5) is 36.6. The lowest BCUT2D eigenvalue weighted by atomic mass is 10.1. The Morgan fingerprint density at radius 3 is 2.21 bits per heavy atom. The van der Waals surface area contributed by atoms with Gasteiger partial charge in [-0.15, -0.1) is 0 Å². The minimum absolute atomic E-state index is 0.159. The Labute approximate surface area is 140 Å². The number of esters is 1. The number of methoxy groups -OCH3 is 1. The maximum absolute atomic E-state index is 12.4. The van der Waals surface area contributed by atoms with Gasteiger partial charge in [-0.3, -0.25) is 14.4 Å². The molecule has 2 aromatic carbocycles. The summed E-state index contributed by atoms with van der Waals surface area (Å²) in [5.41, 5.74) is 1.79. The van der Waals surface area contributed by atoms with Gasteiger partial charge in [0.15, 0.2) is 0 Å². The van der Waals surface area contributed by atoms with Crippen LogP contribution in [0.3, 0.4) is 0 Å². The van der Waals surface area contributed by atoms with Crippen molar-refractivity contribution >= 4 is 29.2 Å². The van der Waals surface area contributed by atoms with Crippen molar-refractivity contribution in [3.63, 3.8) is 0 Å². The molecule has 2 aromatic rings. The largest absolute Gasteiger partial charge is 0.469 e. The summed E-state index contributed by atoms with van der Waals surface area (Å²) in [6.45, 7) is 0. The Morgan fingerprint density at radius 2 is 1.62 bits per heavy atom. The maximum Gasteiger partial charge on any atom is 0.315 e. The van der Waals surface area contributed by atoms with Gasteiger partial charge in [-0.05, 0) is 36.4 Å². The number of nitrogens with zero attached hydrogens (tertiary/aromatic N) is 1. The quantitative estimate of drug-likeness (QED) is 0.676. The molecule has 0 saturated carbocycles. The molecule has 1 N–H and O–H groups in total. The predicted octanol–water partition coefficient (Wildman–Crippen LogP) is 2.46. The Balaban J connectivity index is 2.02. The zero-order valence-corrected chi connectivity index (χ0v) is 13.5. The molecule has 0 atom stereocenters. The third kappa shape index (κ3) is 4.42. The lowest BCUT2D eigenvalue weighted by molar-refractivity contribution is -0.142. The molecule has 0 fully saturated rings. The topological polar surface area (TPSA) is 75.7 Å². The predicted molar refractivity (Wildman–Crippen MR) is 90.9 cm³/mol. The van der Waals surface area contributed by atoms with Crippen LogP contribution in [-0.2, 0) is 14.3 Å². The average Bonchev–Trinajstić information content (AvgIpc) is 2.61. The number of carbonyl (C=O) groups excluding carboxylic acids is 3. The normalized spacial score (nSPS) is 9.92. The van der Waals surface area contributed by atoms with Crippen LogP contribution in [0.25, 0.3) is 0 Å². The number of benzene rings is 2. The molecular weight excluding hydrogens is 308 g/mol. The van der Waals surface area contributed by atoms with Crippen LogP contribution in [0.1, 0.15) is 16.8 Å². The van der Waals surface area contributed by atoms with E-state index in [4.69, 9.17) is 0 Å². The standard InChI is InChI=1S/C18H18N2O4/c1-20(15-6-4-3-5-7-15)18(23)13-8-10-14(11-9-13)19-16(21)12-17(22)24-2/h3-11H,12H2,1-2H3,(H,19,21). The number of ether oxygens (including phenoxy) is 1. The first-order valence-electron chi connectivity index (χ1n) is 7.31. The van der Waals surface area contributed by atoms with Crippen LogP contribution in [0.15, 0.2) is 54.6 Å². The van der Waals surface area contributed by atoms with E-state index in [-0.39, 0.29) is 12.3 Å². The van der Waals surface area contributed by atoms with Gasteiger partial charge in [0, 0.05) is 24.0 Å². The summed E-state index contributed by atoms with van der Waals surface area (Å²) in [6, 6.07) is 15.8. The van der Waals surface area contributed by atoms with Crippen molar-refractivity contribution in [3.8, 4) is 0 Å². The van der Waals surface area contributed by atoms with Crippen LogP contribution in [-0.4, -0.2) is 31.9 Å². The van der Waals surface area contributed by atoms with Gasteiger partial charge in [-0.2, -0.15) is 0 Å². The molecule has 0 aliphatic carbocycles. The molecule has 2 rings (SSSR count). The Morgan fingerprint density at radius 1 is 1.00 bits per heavy atom. The molecule has 24 heavy (non-hydrogen) atoms. The van der Waals surface area contributed by atoms with Gasteiger partial charge in [-0.1, -0.05) is 18.2 Å². The molecule has 0 bridgehead atoms. The lowest BCUT2D eigenvalue weighted by Crippen LogP contribution is -2.26. The molecule has 2 amide bonds. The zero-order chi connectivity index (χ0) is 17.5. The molecule has 6 nitrogen and oxygen atoms in total. The second kappa shape index (κ2) is 7.92. The van der Waals surface area contributed by atoms with Crippen LogP contribution in [0.2, 0.25) is 0 Å². The van der Waals surface area contributed by atoms with Gasteiger partial charge in [0.25, 0.3) is 5.91 Å². The van der Waals surface area contributed by atoms with Crippen molar-refractivity contribution in [2.45, 2.75) is 6.42 Å². The van der Waals surface area contributed by atoms with Gasteiger partial charge >= 0.3 is 5.97 Å². The molecule has 0 heterocycles. The van der Waals surface area contributed by atoms with Crippen LogP contribution in [0.4, 0.5) is 11.4 Å². The summed E-state index contributed by atoms with van der Waals surface area (Å²) < 4.78 is 4.43. The Bertz CT molecular complexity index is 726. The van der Waals surface area contributed by atoms with Crippen molar-refractivity contribution in [2.75, 3.05) is 24.4 Å². The summed E-state index contributed by atoms with van der Waals surface area (Å²) in [6.07, 6.45) is -0.353. The monoisotopic (exact) mass is 326 g/mol. The van der Waals surface area contributed by atoms with Crippen LogP contribution in [0, 0.1) is 0 Å². The summed E-state index contributed by atoms with van der Waals surface area (Å²) in [7, 11) is 2.92. The smallest absolute Gasteiger partial charge is 0.315 e. The van der Waals surface area contributed by atoms with Gasteiger partial charge in [0.1, 0.15) is 6.42 Å². The SMILES string of the molecule is COC(=O)CC(=O)Nc1ccc(C(=O)N(C)c2ccccc2)cc1. The molecule has 0 saturated heterocycles. The highest BCUT2D eigenvalue weighted by Gasteiger charge is 2.14. The first-order chi connectivity index (χ1) is 11.5. The van der Waals surface area contributed by atoms with E-state index < -0.39 is 11.9 Å². The Kier molecular flexibility index (Phi) is 5.68. The lowest BCUT2D eigenvalue weighted by Gasteiger charge is -2.17. The zero-order valence-electron chi connectivity index (χ0n) is 13.5. The van der Waals surface area contributed by atoms with Gasteiger partial charge < -0.3 is 15.0 Å². The first-order valence-corrected chi connectivity index (χ1v) is 7.31. The van der Waals surface area contributed by atoms with Crippen LogP contribution < -0.4 is 10.2 Å². The fourth-order valence-corrected chi connectivity index (χ4v) is 2.07. The highest BCUT2D eigenvalue weighted by molar-refractivity contribution is 6.06. The van der Waals surface area contributed by atoms with Crippen molar-refractivity contribution < 1.29 is 19.1 Å². The van der Waals surface area contributed by atoms with Gasteiger partial charge in [-0.25, -0.2) is 0 Å². The Hall–Kier alpha value is -3.15. The molecular formula is C18H18N2O4. The summed E-state index contributed by atoms with van der Waals surface area (Å²) in [5.74, 6) is -1.24. The van der Waals surface area contributed by atoms with E-state index in [1.165, 1.54) is 7.11 Å². The molecule has 124 valence electrons. The highest BCUT2D eigenvalue weighted by Crippen LogP contribution is 2.16. The number of hydrogen-bond donors (Lipinski definition) is 1. The second-order valence-corrected chi connectivity index (χ2v) is 5.08. The third-order valence-electron chi connectivity index (χ3n) is 3.40. The molecule has 0 spiro atoms. The van der Waals surface area contributed by atoms with Crippen molar-refractivity contribution in [3.05, 3.63) is 60.2 Å². The molecule has 0 aliphatic rings. The number of carbonyl (C=O) groups is 3. The molecule has 0 aromatic heterocycles. The van der Waals surface area contributed by atoms with E-state index in [1.54, 1.807) is 36.2 Å². The minimum atomic E-state index is -0.608. The number of anilines is 2. The first kappa shape index (κ1) is 17.2. The van der Waals surface area contributed by atoms with Crippen LogP contribution in [0.5, 0.6) is 0 Å². The van der Waals surface area contributed by atoms with Crippen molar-refractivity contribution in [2.24, 2.45) is 0 Å². The number of nitrogens with one attached hydrogen (secondary N) is 1. The van der Waals surface area contributed by atoms with E-state index in [0.29, 0.717) is 11.3 Å². The summed E-state index contributed by atoms with van der Waals surface area (Å²) in [5, 5.41) is 2.57. The summed E-state index contributed by atoms with van der Waals surface area (Å²) >= 11 is 0. The van der Waals surface area contributed by atoms with E-state index in [2.05, 4.69) is 10.1 Å². The average molecular weight is 326 g/mol. The van der Waals surface area contributed by atoms with Gasteiger partial charge in [0.05, 0.1) is 7.11 Å². The number of amides is 2. The van der Waals surface area contributed by atoms with Crippen molar-refractivity contribution in [1.29, 1.82) is 0 Å². The van der Waals surface area contributed by atoms with Crippen LogP contribution >= 0.6 is 0 Å². The highest BCUT2D eigenvalue weighted by atomic mass is 16.5. The minimum Gasteiger partial charge on any atom is -0.469 e. The maximum atomic E-state index is 12.4. The van der Waals surface area contributed by atoms with Gasteiger partial charge in [0.2, 0.25) is 5.91 Å². The molecule has 6 heteroatoms. The fourth-order valence-electron chi connectivity index (χ4n) is 2.07. The van der Waals surface area contributed by atoms with E-state index in [0.717, 1.165) is 5.69 Å². The third-order valence-corrected chi connectivity index (χ3v) is 3.40. The van der Waals surface area contributed by atoms with E-state index in [9.17, 15) is 14.4 Å². The number of hydrogen-bond acceptors (Lipinski definition) is 4.